The van der Waals surface area contributed by atoms with Crippen molar-refractivity contribution in [3.05, 3.63) is 29.3 Å². The van der Waals surface area contributed by atoms with Gasteiger partial charge < -0.3 is 5.11 Å². The number of rotatable bonds is 3. The summed E-state index contributed by atoms with van der Waals surface area (Å²) < 4.78 is 26.7. The fourth-order valence-corrected chi connectivity index (χ4v) is 1.64. The highest BCUT2D eigenvalue weighted by molar-refractivity contribution is 7.98. The lowest BCUT2D eigenvalue weighted by Gasteiger charge is -2.09. The average Bonchev–Trinajstić information content (AvgIpc) is 2.19. The molecule has 0 fully saturated rings. The van der Waals surface area contributed by atoms with E-state index in [4.69, 9.17) is 5.11 Å². The predicted molar refractivity (Wildman–Crippen MR) is 54.2 cm³/mol. The second-order valence-corrected chi connectivity index (χ2v) is 3.92. The van der Waals surface area contributed by atoms with E-state index >= 15 is 0 Å². The van der Waals surface area contributed by atoms with Crippen LogP contribution in [-0.2, 0) is 4.79 Å². The smallest absolute Gasteiger partial charge is 0.310 e. The van der Waals surface area contributed by atoms with Gasteiger partial charge in [0.1, 0.15) is 11.6 Å². The summed E-state index contributed by atoms with van der Waals surface area (Å²) in [5.74, 6) is -3.50. The van der Waals surface area contributed by atoms with Crippen molar-refractivity contribution in [2.75, 3.05) is 6.26 Å². The van der Waals surface area contributed by atoms with Gasteiger partial charge in [0.2, 0.25) is 0 Å². The highest BCUT2D eigenvalue weighted by Crippen LogP contribution is 2.27. The Morgan fingerprint density at radius 1 is 1.40 bits per heavy atom. The van der Waals surface area contributed by atoms with Crippen molar-refractivity contribution in [2.24, 2.45) is 0 Å². The summed E-state index contributed by atoms with van der Waals surface area (Å²) in [7, 11) is 0. The van der Waals surface area contributed by atoms with E-state index in [2.05, 4.69) is 0 Å². The summed E-state index contributed by atoms with van der Waals surface area (Å²) in [6.07, 6.45) is 1.62. The number of hydrogen-bond donors (Lipinski definition) is 1. The third kappa shape index (κ3) is 2.47. The molecule has 0 aliphatic heterocycles. The van der Waals surface area contributed by atoms with Crippen LogP contribution in [-0.4, -0.2) is 17.3 Å². The average molecular weight is 232 g/mol. The van der Waals surface area contributed by atoms with Crippen molar-refractivity contribution in [1.82, 2.24) is 0 Å². The molecule has 15 heavy (non-hydrogen) atoms. The number of halogens is 2. The Morgan fingerprint density at radius 3 is 2.47 bits per heavy atom. The third-order valence-electron chi connectivity index (χ3n) is 2.11. The number of hydrogen-bond acceptors (Lipinski definition) is 2. The van der Waals surface area contributed by atoms with Crippen LogP contribution < -0.4 is 0 Å². The van der Waals surface area contributed by atoms with E-state index in [1.165, 1.54) is 6.92 Å². The second kappa shape index (κ2) is 4.61. The quantitative estimate of drug-likeness (QED) is 0.814. The van der Waals surface area contributed by atoms with E-state index in [0.29, 0.717) is 0 Å². The summed E-state index contributed by atoms with van der Waals surface area (Å²) in [4.78, 5) is 10.8. The summed E-state index contributed by atoms with van der Waals surface area (Å²) >= 11 is 1.08. The molecule has 1 rings (SSSR count). The van der Waals surface area contributed by atoms with Gasteiger partial charge in [-0.1, -0.05) is 0 Å². The van der Waals surface area contributed by atoms with Crippen molar-refractivity contribution in [2.45, 2.75) is 17.7 Å². The van der Waals surface area contributed by atoms with E-state index < -0.39 is 23.5 Å². The monoisotopic (exact) mass is 232 g/mol. The molecule has 0 heterocycles. The van der Waals surface area contributed by atoms with Crippen molar-refractivity contribution in [3.63, 3.8) is 0 Å². The molecule has 0 amide bonds. The molecule has 0 aliphatic carbocycles. The maximum Gasteiger partial charge on any atom is 0.310 e. The van der Waals surface area contributed by atoms with Crippen LogP contribution in [0.25, 0.3) is 0 Å². The summed E-state index contributed by atoms with van der Waals surface area (Å²) in [6.45, 7) is 1.32. The first-order valence-corrected chi connectivity index (χ1v) is 5.45. The fraction of sp³-hybridized carbons (Fsp3) is 0.300. The molecule has 0 saturated heterocycles. The summed E-state index contributed by atoms with van der Waals surface area (Å²) in [5.41, 5.74) is -0.127. The standard InChI is InChI=1S/C10H10F2O2S/c1-5(10(13)14)6-3-8(12)9(15-2)4-7(6)11/h3-5H,1-2H3,(H,13,14). The molecule has 0 saturated carbocycles. The van der Waals surface area contributed by atoms with Gasteiger partial charge in [-0.15, -0.1) is 11.8 Å². The summed E-state index contributed by atoms with van der Waals surface area (Å²) in [6, 6.07) is 1.97. The molecule has 1 aromatic rings. The number of thioether (sulfide) groups is 1. The van der Waals surface area contributed by atoms with Crippen molar-refractivity contribution in [1.29, 1.82) is 0 Å². The van der Waals surface area contributed by atoms with Gasteiger partial charge in [-0.25, -0.2) is 8.78 Å². The van der Waals surface area contributed by atoms with Crippen LogP contribution in [0.15, 0.2) is 17.0 Å². The van der Waals surface area contributed by atoms with Gasteiger partial charge in [0.15, 0.2) is 0 Å². The molecule has 1 atom stereocenters. The number of carboxylic acids is 1. The molecule has 0 radical (unpaired) electrons. The van der Waals surface area contributed by atoms with Gasteiger partial charge in [-0.05, 0) is 25.3 Å². The SMILES string of the molecule is CSc1cc(F)c(C(C)C(=O)O)cc1F. The van der Waals surface area contributed by atoms with E-state index in [9.17, 15) is 13.6 Å². The minimum Gasteiger partial charge on any atom is -0.481 e. The molecule has 82 valence electrons. The molecule has 0 aromatic heterocycles. The zero-order valence-electron chi connectivity index (χ0n) is 8.25. The van der Waals surface area contributed by atoms with Crippen molar-refractivity contribution >= 4 is 17.7 Å². The van der Waals surface area contributed by atoms with Gasteiger partial charge >= 0.3 is 5.97 Å². The Morgan fingerprint density at radius 2 is 2.00 bits per heavy atom. The van der Waals surface area contributed by atoms with Crippen molar-refractivity contribution < 1.29 is 18.7 Å². The number of carbonyl (C=O) groups is 1. The molecule has 0 spiro atoms. The Labute approximate surface area is 90.3 Å². The Kier molecular flexibility index (Phi) is 3.68. The number of benzene rings is 1. The van der Waals surface area contributed by atoms with Crippen LogP contribution in [0, 0.1) is 11.6 Å². The van der Waals surface area contributed by atoms with Gasteiger partial charge in [0.05, 0.1) is 5.92 Å². The van der Waals surface area contributed by atoms with Crippen LogP contribution >= 0.6 is 11.8 Å². The van der Waals surface area contributed by atoms with E-state index in [1.54, 1.807) is 6.26 Å². The molecule has 1 unspecified atom stereocenters. The zero-order valence-corrected chi connectivity index (χ0v) is 9.07. The zero-order chi connectivity index (χ0) is 11.6. The third-order valence-corrected chi connectivity index (χ3v) is 2.86. The minimum absolute atomic E-state index is 0.127. The first-order valence-electron chi connectivity index (χ1n) is 4.23. The molecule has 2 nitrogen and oxygen atoms in total. The molecule has 1 aromatic carbocycles. The van der Waals surface area contributed by atoms with E-state index in [0.717, 1.165) is 23.9 Å². The van der Waals surface area contributed by atoms with Gasteiger partial charge in [-0.2, -0.15) is 0 Å². The molecular formula is C10H10F2O2S. The maximum absolute atomic E-state index is 13.4. The molecular weight excluding hydrogens is 222 g/mol. The van der Waals surface area contributed by atoms with Gasteiger partial charge in [0.25, 0.3) is 0 Å². The second-order valence-electron chi connectivity index (χ2n) is 3.07. The lowest BCUT2D eigenvalue weighted by molar-refractivity contribution is -0.138. The van der Waals surface area contributed by atoms with E-state index in [1.807, 2.05) is 0 Å². The first-order chi connectivity index (χ1) is 6.97. The predicted octanol–water partition coefficient (Wildman–Crippen LogP) is 2.87. The highest BCUT2D eigenvalue weighted by atomic mass is 32.2. The van der Waals surface area contributed by atoms with E-state index in [-0.39, 0.29) is 10.5 Å². The lowest BCUT2D eigenvalue weighted by atomic mass is 10.0. The number of aliphatic carboxylic acids is 1. The van der Waals surface area contributed by atoms with Crippen LogP contribution in [0.2, 0.25) is 0 Å². The molecule has 1 N–H and O–H groups in total. The Hall–Kier alpha value is -1.10. The van der Waals surface area contributed by atoms with Gasteiger partial charge in [-0.3, -0.25) is 4.79 Å². The molecule has 0 aliphatic rings. The van der Waals surface area contributed by atoms with Crippen molar-refractivity contribution in [3.8, 4) is 0 Å². The minimum atomic E-state index is -1.18. The van der Waals surface area contributed by atoms with Crippen LogP contribution in [0.4, 0.5) is 8.78 Å². The topological polar surface area (TPSA) is 37.3 Å². The Bertz CT molecular complexity index is 393. The maximum atomic E-state index is 13.4. The lowest BCUT2D eigenvalue weighted by Crippen LogP contribution is -2.10. The fourth-order valence-electron chi connectivity index (χ4n) is 1.17. The van der Waals surface area contributed by atoms with Crippen LogP contribution in [0.5, 0.6) is 0 Å². The largest absolute Gasteiger partial charge is 0.481 e. The van der Waals surface area contributed by atoms with Gasteiger partial charge in [0, 0.05) is 10.5 Å². The molecule has 0 bridgehead atoms. The first kappa shape index (κ1) is 12.0. The highest BCUT2D eigenvalue weighted by Gasteiger charge is 2.20. The molecule has 5 heteroatoms. The normalized spacial score (nSPS) is 12.5. The Balaban J connectivity index is 3.21. The summed E-state index contributed by atoms with van der Waals surface area (Å²) in [5, 5.41) is 8.68. The van der Waals surface area contributed by atoms with Crippen LogP contribution in [0.1, 0.15) is 18.4 Å². The number of carboxylic acid groups (broad SMARTS) is 1. The van der Waals surface area contributed by atoms with Crippen LogP contribution in [0.3, 0.4) is 0 Å².